The second-order valence-corrected chi connectivity index (χ2v) is 14.6. The first-order valence-electron chi connectivity index (χ1n) is 15.6. The number of H-pyrrole nitrogens is 1. The first-order valence-corrected chi connectivity index (χ1v) is 15.6. The summed E-state index contributed by atoms with van der Waals surface area (Å²) in [6, 6.07) is 19.2. The number of hydrogen-bond acceptors (Lipinski definition) is 2. The predicted molar refractivity (Wildman–Crippen MR) is 160 cm³/mol. The van der Waals surface area contributed by atoms with E-state index in [1.54, 1.807) is 0 Å². The number of nitrogens with one attached hydrogen (secondary N) is 3. The highest BCUT2D eigenvalue weighted by atomic mass is 15.0. The smallest absolute Gasteiger partial charge is 0.0734 e. The van der Waals surface area contributed by atoms with Gasteiger partial charge < -0.3 is 15.6 Å². The molecule has 1 aliphatic heterocycles. The largest absolute Gasteiger partial charge is 0.379 e. The van der Waals surface area contributed by atoms with Gasteiger partial charge in [0.2, 0.25) is 0 Å². The fourth-order valence-corrected chi connectivity index (χ4v) is 10.0. The van der Waals surface area contributed by atoms with Crippen molar-refractivity contribution in [3.05, 3.63) is 65.4 Å². The number of unbranched alkanes of at least 4 members (excludes halogenated alkanes) is 1. The van der Waals surface area contributed by atoms with Crippen molar-refractivity contribution in [1.29, 1.82) is 0 Å². The molecular weight excluding hydrogens is 462 g/mol. The Balaban J connectivity index is 1.19. The molecule has 4 fully saturated rings. The topological polar surface area (TPSA) is 39.9 Å². The molecule has 2 aromatic carbocycles. The van der Waals surface area contributed by atoms with Gasteiger partial charge in [-0.3, -0.25) is 0 Å². The first-order chi connectivity index (χ1) is 18.3. The average Bonchev–Trinajstić information content (AvgIpc) is 3.24. The van der Waals surface area contributed by atoms with Crippen LogP contribution in [0.1, 0.15) is 102 Å². The number of fused-ring (bicyclic) bond motifs is 3. The van der Waals surface area contributed by atoms with Crippen molar-refractivity contribution in [1.82, 2.24) is 10.3 Å². The molecule has 3 N–H and O–H groups in total. The summed E-state index contributed by atoms with van der Waals surface area (Å²) in [4.78, 5) is 3.80. The van der Waals surface area contributed by atoms with E-state index in [2.05, 4.69) is 91.8 Å². The molecule has 202 valence electrons. The summed E-state index contributed by atoms with van der Waals surface area (Å²) >= 11 is 0. The van der Waals surface area contributed by atoms with Crippen LogP contribution in [0.2, 0.25) is 0 Å². The van der Waals surface area contributed by atoms with Gasteiger partial charge in [-0.2, -0.15) is 0 Å². The van der Waals surface area contributed by atoms with Crippen LogP contribution in [0.3, 0.4) is 0 Å². The highest BCUT2D eigenvalue weighted by Crippen LogP contribution is 2.63. The van der Waals surface area contributed by atoms with Gasteiger partial charge in [0.05, 0.1) is 6.04 Å². The summed E-state index contributed by atoms with van der Waals surface area (Å²) in [6.07, 6.45) is 12.1. The molecule has 1 aromatic heterocycles. The summed E-state index contributed by atoms with van der Waals surface area (Å²) in [6.45, 7) is 9.79. The van der Waals surface area contributed by atoms with E-state index in [0.717, 1.165) is 30.1 Å². The molecule has 4 aliphatic carbocycles. The van der Waals surface area contributed by atoms with Crippen LogP contribution in [0.5, 0.6) is 0 Å². The van der Waals surface area contributed by atoms with Crippen molar-refractivity contribution in [3.8, 4) is 0 Å². The third-order valence-electron chi connectivity index (χ3n) is 10.8. The van der Waals surface area contributed by atoms with Crippen LogP contribution in [0, 0.1) is 29.1 Å². The zero-order chi connectivity index (χ0) is 26.1. The van der Waals surface area contributed by atoms with E-state index in [-0.39, 0.29) is 11.6 Å². The Kier molecular flexibility index (Phi) is 5.96. The Morgan fingerprint density at radius 1 is 0.947 bits per heavy atom. The van der Waals surface area contributed by atoms with Crippen molar-refractivity contribution >= 4 is 16.6 Å². The molecule has 4 saturated carbocycles. The fourth-order valence-electron chi connectivity index (χ4n) is 10.0. The normalized spacial score (nSPS) is 34.0. The Morgan fingerprint density at radius 3 is 2.39 bits per heavy atom. The number of rotatable bonds is 6. The standard InChI is InChI=1S/C35H47N3/c1-5-6-9-27-19-29-28-10-7-8-11-30(28)37-32(29)31(36-27)24-12-14-26(15-13-24)38-35-20-22-16-23(21-35)18-25(17-22)33(35)34(2,3)4/h7-8,10-15,22-23,25,27,31,33,36-38H,5-6,9,16-21H2,1-4H3/t22-,23-,25?,27+,31+,33?,35?/m1/s1. The lowest BCUT2D eigenvalue weighted by molar-refractivity contribution is -0.0883. The van der Waals surface area contributed by atoms with Gasteiger partial charge in [-0.05, 0) is 103 Å². The number of anilines is 1. The van der Waals surface area contributed by atoms with Gasteiger partial charge in [0.15, 0.2) is 0 Å². The van der Waals surface area contributed by atoms with Crippen molar-refractivity contribution in [3.63, 3.8) is 0 Å². The van der Waals surface area contributed by atoms with Gasteiger partial charge in [-0.25, -0.2) is 0 Å². The van der Waals surface area contributed by atoms with Gasteiger partial charge in [0.25, 0.3) is 0 Å². The van der Waals surface area contributed by atoms with E-state index in [4.69, 9.17) is 0 Å². The molecule has 0 spiro atoms. The molecular formula is C35H47N3. The number of aromatic nitrogens is 1. The zero-order valence-electron chi connectivity index (χ0n) is 23.9. The van der Waals surface area contributed by atoms with Crippen LogP contribution in [0.15, 0.2) is 48.5 Å². The van der Waals surface area contributed by atoms with E-state index in [9.17, 15) is 0 Å². The molecule has 0 amide bonds. The molecule has 2 heterocycles. The second kappa shape index (κ2) is 9.15. The summed E-state index contributed by atoms with van der Waals surface area (Å²) < 4.78 is 0. The highest BCUT2D eigenvalue weighted by molar-refractivity contribution is 5.85. The first kappa shape index (κ1) is 24.8. The van der Waals surface area contributed by atoms with E-state index >= 15 is 0 Å². The van der Waals surface area contributed by atoms with Crippen molar-refractivity contribution in [2.24, 2.45) is 29.1 Å². The molecule has 3 heteroatoms. The SMILES string of the molecule is CCCC[C@H]1Cc2c([nH]c3ccccc23)[C@H](c2ccc(NC34C[C@H]5CC(C[C@@H](C5)C3)C4C(C)(C)C)cc2)N1. The Morgan fingerprint density at radius 2 is 1.68 bits per heavy atom. The molecule has 1 unspecified atom stereocenters. The Hall–Kier alpha value is -2.26. The minimum absolute atomic E-state index is 0.226. The quantitative estimate of drug-likeness (QED) is 0.311. The van der Waals surface area contributed by atoms with Crippen LogP contribution < -0.4 is 10.6 Å². The number of hydrogen-bond donors (Lipinski definition) is 3. The third-order valence-corrected chi connectivity index (χ3v) is 10.8. The highest BCUT2D eigenvalue weighted by Gasteiger charge is 2.59. The fraction of sp³-hybridized carbons (Fsp3) is 0.600. The molecule has 38 heavy (non-hydrogen) atoms. The van der Waals surface area contributed by atoms with Crippen LogP contribution in [-0.2, 0) is 6.42 Å². The number of aromatic amines is 1. The molecule has 3 aromatic rings. The lowest BCUT2D eigenvalue weighted by atomic mass is 9.44. The van der Waals surface area contributed by atoms with Crippen molar-refractivity contribution in [2.45, 2.75) is 103 Å². The monoisotopic (exact) mass is 509 g/mol. The van der Waals surface area contributed by atoms with Gasteiger partial charge in [0, 0.05) is 33.9 Å². The molecule has 8 rings (SSSR count). The maximum absolute atomic E-state index is 4.22. The average molecular weight is 510 g/mol. The molecule has 0 radical (unpaired) electrons. The van der Waals surface area contributed by atoms with Gasteiger partial charge in [0.1, 0.15) is 0 Å². The van der Waals surface area contributed by atoms with Gasteiger partial charge in [-0.15, -0.1) is 0 Å². The van der Waals surface area contributed by atoms with Crippen LogP contribution in [0.4, 0.5) is 5.69 Å². The van der Waals surface area contributed by atoms with Crippen LogP contribution in [-0.4, -0.2) is 16.6 Å². The van der Waals surface area contributed by atoms with Crippen molar-refractivity contribution < 1.29 is 0 Å². The molecule has 3 nitrogen and oxygen atoms in total. The Labute approximate surface area is 229 Å². The van der Waals surface area contributed by atoms with Crippen LogP contribution >= 0.6 is 0 Å². The number of benzene rings is 2. The minimum Gasteiger partial charge on any atom is -0.379 e. The third kappa shape index (κ3) is 4.12. The van der Waals surface area contributed by atoms with Gasteiger partial charge in [-0.1, -0.05) is 70.9 Å². The molecule has 5 atom stereocenters. The summed E-state index contributed by atoms with van der Waals surface area (Å²) in [5.41, 5.74) is 7.48. The predicted octanol–water partition coefficient (Wildman–Crippen LogP) is 8.61. The lowest BCUT2D eigenvalue weighted by Gasteiger charge is -2.65. The van der Waals surface area contributed by atoms with Crippen molar-refractivity contribution in [2.75, 3.05) is 5.32 Å². The lowest BCUT2D eigenvalue weighted by Crippen LogP contribution is -2.64. The second-order valence-electron chi connectivity index (χ2n) is 14.6. The van der Waals surface area contributed by atoms with Crippen LogP contribution in [0.25, 0.3) is 10.9 Å². The van der Waals surface area contributed by atoms with E-state index in [1.165, 1.54) is 84.8 Å². The van der Waals surface area contributed by atoms with Gasteiger partial charge >= 0.3 is 0 Å². The zero-order valence-corrected chi connectivity index (χ0v) is 23.9. The number of para-hydroxylation sites is 1. The molecule has 0 saturated heterocycles. The summed E-state index contributed by atoms with van der Waals surface area (Å²) in [5, 5.41) is 9.67. The maximum Gasteiger partial charge on any atom is 0.0734 e. The van der Waals surface area contributed by atoms with E-state index in [1.807, 2.05) is 0 Å². The Bertz CT molecular complexity index is 1280. The van der Waals surface area contributed by atoms with E-state index in [0.29, 0.717) is 11.5 Å². The molecule has 4 bridgehead atoms. The summed E-state index contributed by atoms with van der Waals surface area (Å²) in [7, 11) is 0. The summed E-state index contributed by atoms with van der Waals surface area (Å²) in [5.74, 6) is 3.53. The maximum atomic E-state index is 4.22. The van der Waals surface area contributed by atoms with E-state index < -0.39 is 0 Å². The molecule has 5 aliphatic rings. The minimum atomic E-state index is 0.226.